The third-order valence-electron chi connectivity index (χ3n) is 2.21. The molecular formula is C11H15NO4. The van der Waals surface area contributed by atoms with Crippen LogP contribution in [-0.4, -0.2) is 29.8 Å². The zero-order chi connectivity index (χ0) is 12.1. The molecule has 0 saturated heterocycles. The van der Waals surface area contributed by atoms with E-state index in [1.54, 1.807) is 13.3 Å². The summed E-state index contributed by atoms with van der Waals surface area (Å²) in [4.78, 5) is 14.5. The van der Waals surface area contributed by atoms with Crippen LogP contribution in [0.4, 0.5) is 0 Å². The van der Waals surface area contributed by atoms with Gasteiger partial charge in [-0.1, -0.05) is 0 Å². The van der Waals surface area contributed by atoms with Crippen molar-refractivity contribution in [1.29, 1.82) is 0 Å². The van der Waals surface area contributed by atoms with Crippen LogP contribution in [0, 0.1) is 13.8 Å². The summed E-state index contributed by atoms with van der Waals surface area (Å²) in [5.74, 6) is -0.222. The van der Waals surface area contributed by atoms with E-state index >= 15 is 0 Å². The number of hydrogen-bond acceptors (Lipinski definition) is 4. The first kappa shape index (κ1) is 12.4. The first-order valence-electron chi connectivity index (χ1n) is 4.85. The number of aryl methyl sites for hydroxylation is 1. The van der Waals surface area contributed by atoms with Crippen molar-refractivity contribution in [2.24, 2.45) is 0 Å². The van der Waals surface area contributed by atoms with Crippen molar-refractivity contribution in [3.63, 3.8) is 0 Å². The molecule has 0 saturated carbocycles. The molecule has 0 aliphatic carbocycles. The van der Waals surface area contributed by atoms with Gasteiger partial charge >= 0.3 is 5.97 Å². The Morgan fingerprint density at radius 1 is 1.50 bits per heavy atom. The molecular weight excluding hydrogens is 210 g/mol. The summed E-state index contributed by atoms with van der Waals surface area (Å²) in [6.45, 7) is 3.63. The molecule has 88 valence electrons. The maximum Gasteiger partial charge on any atom is 0.329 e. The summed E-state index contributed by atoms with van der Waals surface area (Å²) < 4.78 is 10.2. The molecule has 16 heavy (non-hydrogen) atoms. The van der Waals surface area contributed by atoms with E-state index in [0.717, 1.165) is 16.9 Å². The largest absolute Gasteiger partial charge is 0.496 e. The Kier molecular flexibility index (Phi) is 4.25. The molecule has 0 atom stereocenters. The minimum atomic E-state index is -0.989. The molecule has 0 spiro atoms. The van der Waals surface area contributed by atoms with Gasteiger partial charge in [0.25, 0.3) is 0 Å². The summed E-state index contributed by atoms with van der Waals surface area (Å²) >= 11 is 0. The highest BCUT2D eigenvalue weighted by atomic mass is 16.5. The Morgan fingerprint density at radius 3 is 2.75 bits per heavy atom. The molecule has 0 amide bonds. The molecule has 1 heterocycles. The number of pyridine rings is 1. The number of nitrogens with zero attached hydrogens (tertiary/aromatic N) is 1. The molecule has 1 N–H and O–H groups in total. The average Bonchev–Trinajstić information content (AvgIpc) is 2.22. The fourth-order valence-electron chi connectivity index (χ4n) is 1.45. The summed E-state index contributed by atoms with van der Waals surface area (Å²) in [7, 11) is 1.59. The topological polar surface area (TPSA) is 68.7 Å². The second-order valence-electron chi connectivity index (χ2n) is 3.43. The molecule has 5 nitrogen and oxygen atoms in total. The van der Waals surface area contributed by atoms with Crippen LogP contribution >= 0.6 is 0 Å². The van der Waals surface area contributed by atoms with Crippen LogP contribution in [-0.2, 0) is 16.1 Å². The second-order valence-corrected chi connectivity index (χ2v) is 3.43. The maximum atomic E-state index is 10.3. The van der Waals surface area contributed by atoms with Gasteiger partial charge in [-0.15, -0.1) is 0 Å². The minimum absolute atomic E-state index is 0.175. The fourth-order valence-corrected chi connectivity index (χ4v) is 1.45. The number of aromatic nitrogens is 1. The summed E-state index contributed by atoms with van der Waals surface area (Å²) in [6.07, 6.45) is 1.69. The van der Waals surface area contributed by atoms with Crippen LogP contribution < -0.4 is 4.74 Å². The number of hydrogen-bond donors (Lipinski definition) is 1. The van der Waals surface area contributed by atoms with Crippen molar-refractivity contribution in [3.8, 4) is 5.75 Å². The highest BCUT2D eigenvalue weighted by Crippen LogP contribution is 2.24. The third kappa shape index (κ3) is 2.93. The SMILES string of the molecule is COc1c(C)cnc(COCC(=O)O)c1C. The molecule has 0 fully saturated rings. The summed E-state index contributed by atoms with van der Waals surface area (Å²) in [5, 5.41) is 8.44. The predicted octanol–water partition coefficient (Wildman–Crippen LogP) is 1.31. The zero-order valence-corrected chi connectivity index (χ0v) is 9.61. The molecule has 0 bridgehead atoms. The quantitative estimate of drug-likeness (QED) is 0.818. The lowest BCUT2D eigenvalue weighted by atomic mass is 10.1. The molecule has 0 unspecified atom stereocenters. The van der Waals surface area contributed by atoms with Crippen molar-refractivity contribution in [1.82, 2.24) is 4.98 Å². The van der Waals surface area contributed by atoms with E-state index in [-0.39, 0.29) is 13.2 Å². The Morgan fingerprint density at radius 2 is 2.19 bits per heavy atom. The molecule has 0 radical (unpaired) electrons. The van der Waals surface area contributed by atoms with Gasteiger partial charge in [-0.05, 0) is 13.8 Å². The molecule has 1 aromatic rings. The molecule has 1 aromatic heterocycles. The summed E-state index contributed by atoms with van der Waals surface area (Å²) in [5.41, 5.74) is 2.53. The number of carboxylic acid groups (broad SMARTS) is 1. The number of carbonyl (C=O) groups is 1. The number of ether oxygens (including phenoxy) is 2. The van der Waals surface area contributed by atoms with Crippen LogP contribution in [0.15, 0.2) is 6.20 Å². The van der Waals surface area contributed by atoms with E-state index in [2.05, 4.69) is 4.98 Å². The molecule has 0 aromatic carbocycles. The normalized spacial score (nSPS) is 10.2. The van der Waals surface area contributed by atoms with Gasteiger partial charge in [0.05, 0.1) is 19.4 Å². The van der Waals surface area contributed by atoms with E-state index in [0.29, 0.717) is 5.69 Å². The van der Waals surface area contributed by atoms with Crippen molar-refractivity contribution in [2.45, 2.75) is 20.5 Å². The van der Waals surface area contributed by atoms with E-state index in [1.807, 2.05) is 13.8 Å². The third-order valence-corrected chi connectivity index (χ3v) is 2.21. The molecule has 1 rings (SSSR count). The Labute approximate surface area is 94.0 Å². The molecule has 0 aliphatic rings. The lowest BCUT2D eigenvalue weighted by Crippen LogP contribution is -2.09. The van der Waals surface area contributed by atoms with Crippen molar-refractivity contribution in [2.75, 3.05) is 13.7 Å². The van der Waals surface area contributed by atoms with E-state index in [4.69, 9.17) is 14.6 Å². The smallest absolute Gasteiger partial charge is 0.329 e. The van der Waals surface area contributed by atoms with Crippen molar-refractivity contribution >= 4 is 5.97 Å². The Balaban J connectivity index is 2.77. The number of methoxy groups -OCH3 is 1. The maximum absolute atomic E-state index is 10.3. The van der Waals surface area contributed by atoms with E-state index in [1.165, 1.54) is 0 Å². The van der Waals surface area contributed by atoms with E-state index in [9.17, 15) is 4.79 Å². The first-order chi connectivity index (χ1) is 7.56. The van der Waals surface area contributed by atoms with Gasteiger partial charge in [-0.3, -0.25) is 4.98 Å². The van der Waals surface area contributed by atoms with Gasteiger partial charge in [-0.25, -0.2) is 4.79 Å². The second kappa shape index (κ2) is 5.46. The average molecular weight is 225 g/mol. The number of rotatable bonds is 5. The van der Waals surface area contributed by atoms with Gasteiger partial charge < -0.3 is 14.6 Å². The van der Waals surface area contributed by atoms with Crippen LogP contribution in [0.2, 0.25) is 0 Å². The Bertz CT molecular complexity index is 390. The number of carboxylic acids is 1. The standard InChI is InChI=1S/C11H15NO4/c1-7-4-12-9(5-16-6-10(13)14)8(2)11(7)15-3/h4H,5-6H2,1-3H3,(H,13,14). The van der Waals surface area contributed by atoms with Crippen LogP contribution in [0.25, 0.3) is 0 Å². The van der Waals surface area contributed by atoms with Gasteiger partial charge in [0.15, 0.2) is 0 Å². The van der Waals surface area contributed by atoms with E-state index < -0.39 is 5.97 Å². The van der Waals surface area contributed by atoms with Gasteiger partial charge in [-0.2, -0.15) is 0 Å². The predicted molar refractivity (Wildman–Crippen MR) is 57.6 cm³/mol. The van der Waals surface area contributed by atoms with Crippen LogP contribution in [0.1, 0.15) is 16.8 Å². The molecule has 0 aliphatic heterocycles. The van der Waals surface area contributed by atoms with Crippen molar-refractivity contribution in [3.05, 3.63) is 23.0 Å². The zero-order valence-electron chi connectivity index (χ0n) is 9.61. The van der Waals surface area contributed by atoms with Gasteiger partial charge in [0.1, 0.15) is 12.4 Å². The van der Waals surface area contributed by atoms with Crippen molar-refractivity contribution < 1.29 is 19.4 Å². The van der Waals surface area contributed by atoms with Crippen LogP contribution in [0.5, 0.6) is 5.75 Å². The number of aliphatic carboxylic acids is 1. The fraction of sp³-hybridized carbons (Fsp3) is 0.455. The lowest BCUT2D eigenvalue weighted by molar-refractivity contribution is -0.142. The monoisotopic (exact) mass is 225 g/mol. The highest BCUT2D eigenvalue weighted by Gasteiger charge is 2.09. The minimum Gasteiger partial charge on any atom is -0.496 e. The highest BCUT2D eigenvalue weighted by molar-refractivity contribution is 5.68. The van der Waals surface area contributed by atoms with Gasteiger partial charge in [0, 0.05) is 17.3 Å². The van der Waals surface area contributed by atoms with Crippen LogP contribution in [0.3, 0.4) is 0 Å². The molecule has 5 heteroatoms. The summed E-state index contributed by atoms with van der Waals surface area (Å²) in [6, 6.07) is 0. The lowest BCUT2D eigenvalue weighted by Gasteiger charge is -2.11. The first-order valence-corrected chi connectivity index (χ1v) is 4.85. The van der Waals surface area contributed by atoms with Gasteiger partial charge in [0.2, 0.25) is 0 Å². The Hall–Kier alpha value is -1.62.